The maximum atomic E-state index is 13.0. The molecule has 1 atom stereocenters. The molecule has 1 amide bonds. The number of amides is 1. The van der Waals surface area contributed by atoms with Gasteiger partial charge in [0.1, 0.15) is 0 Å². The van der Waals surface area contributed by atoms with Gasteiger partial charge >= 0.3 is 0 Å². The Morgan fingerprint density at radius 1 is 1.25 bits per heavy atom. The minimum absolute atomic E-state index is 0.0893. The predicted molar refractivity (Wildman–Crippen MR) is 108 cm³/mol. The molecule has 0 spiro atoms. The number of carbonyl (C=O) groups excluding carboxylic acids is 2. The summed E-state index contributed by atoms with van der Waals surface area (Å²) in [6.45, 7) is 0.347. The summed E-state index contributed by atoms with van der Waals surface area (Å²) in [7, 11) is 0. The van der Waals surface area contributed by atoms with Crippen LogP contribution in [-0.2, 0) is 0 Å². The number of hydrogen-bond acceptors (Lipinski definition) is 6. The first kappa shape index (κ1) is 20.0. The fourth-order valence-electron chi connectivity index (χ4n) is 3.01. The Labute approximate surface area is 166 Å². The van der Waals surface area contributed by atoms with Crippen molar-refractivity contribution in [3.05, 3.63) is 69.3 Å². The number of hydrogen-bond donors (Lipinski definition) is 2. The van der Waals surface area contributed by atoms with E-state index in [4.69, 9.17) is 5.73 Å². The van der Waals surface area contributed by atoms with E-state index in [-0.39, 0.29) is 34.3 Å². The Balaban J connectivity index is 1.85. The van der Waals surface area contributed by atoms with Crippen molar-refractivity contribution in [3.63, 3.8) is 0 Å². The van der Waals surface area contributed by atoms with Crippen LogP contribution in [0.5, 0.6) is 0 Å². The van der Waals surface area contributed by atoms with Gasteiger partial charge in [-0.25, -0.2) is 0 Å². The largest absolute Gasteiger partial charge is 0.350 e. The van der Waals surface area contributed by atoms with Crippen LogP contribution in [-0.4, -0.2) is 35.5 Å². The standard InChI is InChI=1S/C20H21N3O4S/c1-28-18-9-8-13(10-17(18)23(26)27)19(24)14-4-2-3-5-15(14)20(25)22-11-16(21)12-6-7-12/h2-5,8-10,12,16H,6-7,11,21H2,1H3,(H,22,25). The predicted octanol–water partition coefficient (Wildman–Crippen LogP) is 3.01. The van der Waals surface area contributed by atoms with Crippen molar-refractivity contribution in [2.24, 2.45) is 11.7 Å². The molecule has 3 N–H and O–H groups in total. The summed E-state index contributed by atoms with van der Waals surface area (Å²) in [5.41, 5.74) is 6.49. The Hall–Kier alpha value is -2.71. The molecule has 0 heterocycles. The number of nitro groups is 1. The topological polar surface area (TPSA) is 115 Å². The molecule has 0 saturated heterocycles. The number of nitrogens with one attached hydrogen (secondary N) is 1. The van der Waals surface area contributed by atoms with Gasteiger partial charge in [-0.05, 0) is 43.2 Å². The number of carbonyl (C=O) groups is 2. The average Bonchev–Trinajstić information content (AvgIpc) is 3.56. The minimum Gasteiger partial charge on any atom is -0.350 e. The van der Waals surface area contributed by atoms with E-state index in [0.29, 0.717) is 17.4 Å². The molecule has 146 valence electrons. The van der Waals surface area contributed by atoms with E-state index >= 15 is 0 Å². The van der Waals surface area contributed by atoms with Gasteiger partial charge in [-0.15, -0.1) is 11.8 Å². The summed E-state index contributed by atoms with van der Waals surface area (Å²) in [5, 5.41) is 14.1. The molecule has 3 rings (SSSR count). The number of nitro benzene ring substituents is 1. The van der Waals surface area contributed by atoms with Crippen molar-refractivity contribution in [3.8, 4) is 0 Å². The van der Waals surface area contributed by atoms with Crippen LogP contribution in [0.1, 0.15) is 39.1 Å². The second kappa shape index (κ2) is 8.53. The molecular formula is C20H21N3O4S. The number of nitrogens with two attached hydrogens (primary N) is 1. The molecule has 0 aliphatic heterocycles. The van der Waals surface area contributed by atoms with Crippen LogP contribution in [0.3, 0.4) is 0 Å². The highest BCUT2D eigenvalue weighted by atomic mass is 32.2. The Morgan fingerprint density at radius 3 is 2.54 bits per heavy atom. The van der Waals surface area contributed by atoms with Crippen LogP contribution in [0.15, 0.2) is 47.4 Å². The molecule has 1 unspecified atom stereocenters. The van der Waals surface area contributed by atoms with Crippen LogP contribution >= 0.6 is 11.8 Å². The summed E-state index contributed by atoms with van der Waals surface area (Å²) in [4.78, 5) is 36.8. The van der Waals surface area contributed by atoms with Gasteiger partial charge < -0.3 is 11.1 Å². The highest BCUT2D eigenvalue weighted by Gasteiger charge is 2.29. The molecule has 8 heteroatoms. The third-order valence-corrected chi connectivity index (χ3v) is 5.56. The van der Waals surface area contributed by atoms with Gasteiger partial charge in [-0.1, -0.05) is 18.2 Å². The highest BCUT2D eigenvalue weighted by molar-refractivity contribution is 7.98. The number of thioether (sulfide) groups is 1. The second-order valence-electron chi connectivity index (χ2n) is 6.73. The van der Waals surface area contributed by atoms with Crippen molar-refractivity contribution in [2.75, 3.05) is 12.8 Å². The second-order valence-corrected chi connectivity index (χ2v) is 7.58. The lowest BCUT2D eigenvalue weighted by atomic mass is 9.97. The molecule has 0 aromatic heterocycles. The molecule has 2 aromatic rings. The van der Waals surface area contributed by atoms with Crippen LogP contribution in [0.4, 0.5) is 5.69 Å². The van der Waals surface area contributed by atoms with E-state index in [1.54, 1.807) is 42.7 Å². The van der Waals surface area contributed by atoms with E-state index in [9.17, 15) is 19.7 Å². The smallest absolute Gasteiger partial charge is 0.283 e. The SMILES string of the molecule is CSc1ccc(C(=O)c2ccccc2C(=O)NCC(N)C2CC2)cc1[N+](=O)[O-]. The van der Waals surface area contributed by atoms with Crippen molar-refractivity contribution in [1.82, 2.24) is 5.32 Å². The molecule has 1 fully saturated rings. The van der Waals surface area contributed by atoms with Gasteiger partial charge in [0.15, 0.2) is 5.78 Å². The number of benzene rings is 2. The van der Waals surface area contributed by atoms with E-state index in [0.717, 1.165) is 12.8 Å². The molecule has 28 heavy (non-hydrogen) atoms. The fourth-order valence-corrected chi connectivity index (χ4v) is 3.55. The van der Waals surface area contributed by atoms with E-state index < -0.39 is 10.7 Å². The molecule has 1 saturated carbocycles. The van der Waals surface area contributed by atoms with Crippen LogP contribution in [0, 0.1) is 16.0 Å². The zero-order valence-electron chi connectivity index (χ0n) is 15.4. The third-order valence-electron chi connectivity index (χ3n) is 4.78. The van der Waals surface area contributed by atoms with Gasteiger partial charge in [0.05, 0.1) is 15.4 Å². The first-order chi connectivity index (χ1) is 13.4. The van der Waals surface area contributed by atoms with Crippen LogP contribution in [0.2, 0.25) is 0 Å². The molecular weight excluding hydrogens is 378 g/mol. The molecule has 2 aromatic carbocycles. The molecule has 0 bridgehead atoms. The summed E-state index contributed by atoms with van der Waals surface area (Å²) >= 11 is 1.24. The zero-order valence-corrected chi connectivity index (χ0v) is 16.2. The quantitative estimate of drug-likeness (QED) is 0.305. The summed E-state index contributed by atoms with van der Waals surface area (Å²) in [6, 6.07) is 10.7. The molecule has 7 nitrogen and oxygen atoms in total. The first-order valence-electron chi connectivity index (χ1n) is 8.92. The normalized spacial score (nSPS) is 14.4. The number of nitrogens with zero attached hydrogens (tertiary/aromatic N) is 1. The number of ketones is 1. The maximum Gasteiger partial charge on any atom is 0.283 e. The van der Waals surface area contributed by atoms with Gasteiger partial charge in [-0.3, -0.25) is 19.7 Å². The van der Waals surface area contributed by atoms with Crippen molar-refractivity contribution in [2.45, 2.75) is 23.8 Å². The fraction of sp³-hybridized carbons (Fsp3) is 0.300. The van der Waals surface area contributed by atoms with Crippen LogP contribution in [0.25, 0.3) is 0 Å². The van der Waals surface area contributed by atoms with E-state index in [2.05, 4.69) is 5.32 Å². The van der Waals surface area contributed by atoms with Crippen molar-refractivity contribution in [1.29, 1.82) is 0 Å². The zero-order chi connectivity index (χ0) is 20.3. The maximum absolute atomic E-state index is 13.0. The highest BCUT2D eigenvalue weighted by Crippen LogP contribution is 2.31. The minimum atomic E-state index is -0.513. The van der Waals surface area contributed by atoms with Gasteiger partial charge in [0, 0.05) is 29.8 Å². The lowest BCUT2D eigenvalue weighted by molar-refractivity contribution is -0.387. The average molecular weight is 399 g/mol. The van der Waals surface area contributed by atoms with E-state index in [1.807, 2.05) is 0 Å². The molecule has 1 aliphatic carbocycles. The van der Waals surface area contributed by atoms with Gasteiger partial charge in [0.2, 0.25) is 0 Å². The first-order valence-corrected chi connectivity index (χ1v) is 10.1. The third kappa shape index (κ3) is 4.40. The molecule has 1 aliphatic rings. The van der Waals surface area contributed by atoms with Crippen molar-refractivity contribution >= 4 is 29.1 Å². The number of rotatable bonds is 8. The van der Waals surface area contributed by atoms with Crippen LogP contribution < -0.4 is 11.1 Å². The Kier molecular flexibility index (Phi) is 6.11. The lowest BCUT2D eigenvalue weighted by Gasteiger charge is -2.13. The van der Waals surface area contributed by atoms with Gasteiger partial charge in [0.25, 0.3) is 11.6 Å². The van der Waals surface area contributed by atoms with Gasteiger partial charge in [-0.2, -0.15) is 0 Å². The Morgan fingerprint density at radius 2 is 1.93 bits per heavy atom. The Bertz CT molecular complexity index is 927. The summed E-state index contributed by atoms with van der Waals surface area (Å²) in [5.74, 6) is -0.365. The monoisotopic (exact) mass is 399 g/mol. The van der Waals surface area contributed by atoms with E-state index in [1.165, 1.54) is 17.8 Å². The molecule has 0 radical (unpaired) electrons. The summed E-state index contributed by atoms with van der Waals surface area (Å²) in [6.07, 6.45) is 3.89. The lowest BCUT2D eigenvalue weighted by Crippen LogP contribution is -2.39. The van der Waals surface area contributed by atoms with Crippen molar-refractivity contribution < 1.29 is 14.5 Å². The summed E-state index contributed by atoms with van der Waals surface area (Å²) < 4.78 is 0.